The van der Waals surface area contributed by atoms with Crippen LogP contribution in [0.15, 0.2) is 6.20 Å². The van der Waals surface area contributed by atoms with Crippen LogP contribution in [0, 0.1) is 0 Å². The molecular formula is C11H16FN3O2. The highest BCUT2D eigenvalue weighted by Crippen LogP contribution is 2.24. The predicted molar refractivity (Wildman–Crippen MR) is 59.0 cm³/mol. The molecule has 0 radical (unpaired) electrons. The lowest BCUT2D eigenvalue weighted by Crippen LogP contribution is -2.29. The van der Waals surface area contributed by atoms with E-state index >= 15 is 0 Å². The van der Waals surface area contributed by atoms with Gasteiger partial charge in [-0.1, -0.05) is 0 Å². The van der Waals surface area contributed by atoms with Crippen LogP contribution in [0.2, 0.25) is 0 Å². The van der Waals surface area contributed by atoms with Gasteiger partial charge in [-0.15, -0.1) is 0 Å². The van der Waals surface area contributed by atoms with E-state index in [4.69, 9.17) is 10.5 Å². The van der Waals surface area contributed by atoms with Gasteiger partial charge in [-0.3, -0.25) is 4.79 Å². The van der Waals surface area contributed by atoms with Gasteiger partial charge in [0.2, 0.25) is 0 Å². The van der Waals surface area contributed by atoms with Gasteiger partial charge in [0.05, 0.1) is 31.3 Å². The van der Waals surface area contributed by atoms with Crippen LogP contribution in [0.4, 0.5) is 4.39 Å². The Hall–Kier alpha value is -1.43. The summed E-state index contributed by atoms with van der Waals surface area (Å²) in [5.74, 6) is 0.325. The smallest absolute Gasteiger partial charge is 0.311 e. The van der Waals surface area contributed by atoms with Gasteiger partial charge < -0.3 is 15.0 Å². The highest BCUT2D eigenvalue weighted by molar-refractivity contribution is 5.71. The third kappa shape index (κ3) is 2.63. The van der Waals surface area contributed by atoms with Gasteiger partial charge in [-0.25, -0.2) is 9.37 Å². The molecule has 2 atom stereocenters. The van der Waals surface area contributed by atoms with E-state index in [-0.39, 0.29) is 25.4 Å². The van der Waals surface area contributed by atoms with Crippen LogP contribution in [-0.4, -0.2) is 28.3 Å². The summed E-state index contributed by atoms with van der Waals surface area (Å²) in [6.45, 7) is 2.36. The number of hydrogen-bond donors (Lipinski definition) is 1. The van der Waals surface area contributed by atoms with Crippen LogP contribution in [0.5, 0.6) is 0 Å². The molecule has 0 spiro atoms. The maximum atomic E-state index is 13.3. The molecule has 1 aliphatic heterocycles. The standard InChI is InChI=1S/C11H16FN3O2/c1-2-17-10(16)4-8-6-15-5-7(12)3-9(13)11(15)14-8/h6-7,9H,2-5,13H2,1H3. The SMILES string of the molecule is CCOC(=O)Cc1cn2c(n1)C(N)CC(F)C2. The maximum absolute atomic E-state index is 13.3. The minimum atomic E-state index is -0.942. The van der Waals surface area contributed by atoms with Crippen molar-refractivity contribution >= 4 is 5.97 Å². The van der Waals surface area contributed by atoms with Gasteiger partial charge >= 0.3 is 5.97 Å². The summed E-state index contributed by atoms with van der Waals surface area (Å²) in [5.41, 5.74) is 6.39. The van der Waals surface area contributed by atoms with E-state index in [1.165, 1.54) is 0 Å². The first-order valence-electron chi connectivity index (χ1n) is 5.71. The van der Waals surface area contributed by atoms with Crippen molar-refractivity contribution in [2.45, 2.75) is 38.5 Å². The van der Waals surface area contributed by atoms with Gasteiger partial charge in [0, 0.05) is 12.6 Å². The molecule has 6 heteroatoms. The largest absolute Gasteiger partial charge is 0.466 e. The molecule has 2 unspecified atom stereocenters. The van der Waals surface area contributed by atoms with Crippen molar-refractivity contribution in [3.63, 3.8) is 0 Å². The van der Waals surface area contributed by atoms with E-state index in [1.807, 2.05) is 0 Å². The van der Waals surface area contributed by atoms with Crippen LogP contribution in [-0.2, 0) is 22.5 Å². The number of aromatic nitrogens is 2. The zero-order valence-electron chi connectivity index (χ0n) is 9.73. The molecule has 0 saturated carbocycles. The summed E-state index contributed by atoms with van der Waals surface area (Å²) in [5, 5.41) is 0. The molecular weight excluding hydrogens is 225 g/mol. The number of carbonyl (C=O) groups is 1. The van der Waals surface area contributed by atoms with Crippen molar-refractivity contribution in [3.05, 3.63) is 17.7 Å². The number of carbonyl (C=O) groups excluding carboxylic acids is 1. The van der Waals surface area contributed by atoms with Crippen molar-refractivity contribution in [1.82, 2.24) is 9.55 Å². The fourth-order valence-electron chi connectivity index (χ4n) is 2.04. The third-order valence-corrected chi connectivity index (χ3v) is 2.72. The highest BCUT2D eigenvalue weighted by Gasteiger charge is 2.26. The topological polar surface area (TPSA) is 70.1 Å². The molecule has 0 amide bonds. The minimum Gasteiger partial charge on any atom is -0.466 e. The summed E-state index contributed by atoms with van der Waals surface area (Å²) in [7, 11) is 0. The quantitative estimate of drug-likeness (QED) is 0.792. The molecule has 0 bridgehead atoms. The average molecular weight is 241 g/mol. The number of ether oxygens (including phenoxy) is 1. The Labute approximate surface area is 98.8 Å². The molecule has 0 aliphatic carbocycles. The summed E-state index contributed by atoms with van der Waals surface area (Å²) >= 11 is 0. The fraction of sp³-hybridized carbons (Fsp3) is 0.636. The Kier molecular flexibility index (Phi) is 3.42. The summed E-state index contributed by atoms with van der Waals surface area (Å²) in [6, 6.07) is -0.394. The zero-order chi connectivity index (χ0) is 12.4. The first kappa shape index (κ1) is 12.0. The zero-order valence-corrected chi connectivity index (χ0v) is 9.73. The molecule has 5 nitrogen and oxygen atoms in total. The molecule has 2 N–H and O–H groups in total. The van der Waals surface area contributed by atoms with E-state index in [0.29, 0.717) is 18.1 Å². The Morgan fingerprint density at radius 1 is 1.76 bits per heavy atom. The normalized spacial score (nSPS) is 23.2. The number of hydrogen-bond acceptors (Lipinski definition) is 4. The average Bonchev–Trinajstić information content (AvgIpc) is 2.60. The molecule has 2 rings (SSSR count). The molecule has 2 heterocycles. The second-order valence-electron chi connectivity index (χ2n) is 4.16. The van der Waals surface area contributed by atoms with Gasteiger partial charge in [-0.2, -0.15) is 0 Å². The summed E-state index contributed by atoms with van der Waals surface area (Å²) < 4.78 is 19.8. The van der Waals surface area contributed by atoms with Crippen molar-refractivity contribution in [2.24, 2.45) is 5.73 Å². The first-order valence-corrected chi connectivity index (χ1v) is 5.71. The molecule has 1 aromatic heterocycles. The lowest BCUT2D eigenvalue weighted by atomic mass is 10.1. The van der Waals surface area contributed by atoms with Crippen molar-refractivity contribution in [2.75, 3.05) is 6.61 Å². The third-order valence-electron chi connectivity index (χ3n) is 2.72. The Balaban J connectivity index is 2.12. The van der Waals surface area contributed by atoms with E-state index in [9.17, 15) is 9.18 Å². The van der Waals surface area contributed by atoms with Crippen LogP contribution in [0.3, 0.4) is 0 Å². The molecule has 1 aromatic rings. The Bertz CT molecular complexity index is 419. The van der Waals surface area contributed by atoms with E-state index in [0.717, 1.165) is 0 Å². The second-order valence-corrected chi connectivity index (χ2v) is 4.16. The molecule has 1 aliphatic rings. The number of nitrogens with zero attached hydrogens (tertiary/aromatic N) is 2. The molecule has 17 heavy (non-hydrogen) atoms. The second kappa shape index (κ2) is 4.83. The monoisotopic (exact) mass is 241 g/mol. The van der Waals surface area contributed by atoms with Crippen LogP contribution in [0.25, 0.3) is 0 Å². The van der Waals surface area contributed by atoms with Crippen LogP contribution in [0.1, 0.15) is 30.9 Å². The molecule has 0 aromatic carbocycles. The molecule has 94 valence electrons. The molecule has 0 fully saturated rings. The maximum Gasteiger partial charge on any atom is 0.311 e. The van der Waals surface area contributed by atoms with Crippen LogP contribution >= 0.6 is 0 Å². The lowest BCUT2D eigenvalue weighted by molar-refractivity contribution is -0.142. The lowest BCUT2D eigenvalue weighted by Gasteiger charge is -2.22. The van der Waals surface area contributed by atoms with Crippen molar-refractivity contribution < 1.29 is 13.9 Å². The number of nitrogens with two attached hydrogens (primary N) is 1. The van der Waals surface area contributed by atoms with Gasteiger partial charge in [0.25, 0.3) is 0 Å². The number of esters is 1. The first-order chi connectivity index (χ1) is 8.10. The van der Waals surface area contributed by atoms with E-state index in [2.05, 4.69) is 4.98 Å². The fourth-order valence-corrected chi connectivity index (χ4v) is 2.04. The summed E-state index contributed by atoms with van der Waals surface area (Å²) in [6.07, 6.45) is 1.13. The predicted octanol–water partition coefficient (Wildman–Crippen LogP) is 0.730. The number of alkyl halides is 1. The minimum absolute atomic E-state index is 0.109. The Morgan fingerprint density at radius 3 is 3.24 bits per heavy atom. The van der Waals surface area contributed by atoms with Gasteiger partial charge in [0.15, 0.2) is 0 Å². The number of rotatable bonds is 3. The van der Waals surface area contributed by atoms with E-state index in [1.54, 1.807) is 17.7 Å². The number of imidazole rings is 1. The van der Waals surface area contributed by atoms with E-state index < -0.39 is 12.2 Å². The van der Waals surface area contributed by atoms with Gasteiger partial charge in [0.1, 0.15) is 12.0 Å². The Morgan fingerprint density at radius 2 is 2.53 bits per heavy atom. The summed E-state index contributed by atoms with van der Waals surface area (Å²) in [4.78, 5) is 15.6. The van der Waals surface area contributed by atoms with Gasteiger partial charge in [-0.05, 0) is 6.92 Å². The number of halogens is 1. The highest BCUT2D eigenvalue weighted by atomic mass is 19.1. The van der Waals surface area contributed by atoms with Crippen molar-refractivity contribution in [1.29, 1.82) is 0 Å². The number of fused-ring (bicyclic) bond motifs is 1. The van der Waals surface area contributed by atoms with Crippen molar-refractivity contribution in [3.8, 4) is 0 Å². The molecule has 0 saturated heterocycles. The van der Waals surface area contributed by atoms with Crippen LogP contribution < -0.4 is 5.73 Å².